The molecule has 2 heterocycles. The van der Waals surface area contributed by atoms with Crippen molar-refractivity contribution < 1.29 is 29.0 Å². The first-order chi connectivity index (χ1) is 18.9. The van der Waals surface area contributed by atoms with Crippen LogP contribution in [0.1, 0.15) is 78.3 Å². The van der Waals surface area contributed by atoms with Crippen LogP contribution in [-0.4, -0.2) is 41.0 Å². The molecule has 0 unspecified atom stereocenters. The Morgan fingerprint density at radius 1 is 1.05 bits per heavy atom. The lowest BCUT2D eigenvalue weighted by Gasteiger charge is -2.25. The number of esters is 1. The fourth-order valence-corrected chi connectivity index (χ4v) is 5.64. The van der Waals surface area contributed by atoms with E-state index in [1.54, 1.807) is 32.0 Å². The number of ether oxygens (including phenoxy) is 2. The Morgan fingerprint density at radius 2 is 1.73 bits per heavy atom. The lowest BCUT2D eigenvalue weighted by atomic mass is 9.85. The first kappa shape index (κ1) is 29.0. The van der Waals surface area contributed by atoms with Gasteiger partial charge < -0.3 is 14.6 Å². The van der Waals surface area contributed by atoms with Crippen molar-refractivity contribution in [2.75, 3.05) is 18.1 Å². The molecule has 0 saturated carbocycles. The Bertz CT molecular complexity index is 1500. The van der Waals surface area contributed by atoms with Crippen molar-refractivity contribution in [3.05, 3.63) is 80.9 Å². The molecule has 1 fully saturated rings. The number of hydrogen-bond donors (Lipinski definition) is 1. The van der Waals surface area contributed by atoms with E-state index in [2.05, 4.69) is 25.8 Å². The highest BCUT2D eigenvalue weighted by atomic mass is 32.1. The van der Waals surface area contributed by atoms with E-state index in [4.69, 9.17) is 9.47 Å². The molecule has 1 amide bonds. The maximum Gasteiger partial charge on any atom is 0.350 e. The minimum Gasteiger partial charge on any atom is -0.507 e. The average Bonchev–Trinajstić information content (AvgIpc) is 3.41. The SMILES string of the molecule is CCOC(=O)c1sc(N2C(=O)C(=O)C(=C(O)c3ccc(OCC)c(C)c3)[C@@H]2c2ccc(C(C)(C)C)cc2)nc1C. The molecule has 0 spiro atoms. The van der Waals surface area contributed by atoms with Gasteiger partial charge in [0.2, 0.25) is 0 Å². The number of hydrogen-bond acceptors (Lipinski definition) is 8. The number of rotatable bonds is 7. The number of aromatic nitrogens is 1. The van der Waals surface area contributed by atoms with Crippen LogP contribution in [0.4, 0.5) is 5.13 Å². The molecular weight excluding hydrogens is 528 g/mol. The van der Waals surface area contributed by atoms with Gasteiger partial charge in [-0.15, -0.1) is 0 Å². The normalized spacial score (nSPS) is 16.9. The Hall–Kier alpha value is -3.98. The Morgan fingerprint density at radius 3 is 2.30 bits per heavy atom. The summed E-state index contributed by atoms with van der Waals surface area (Å²) in [4.78, 5) is 45.6. The van der Waals surface area contributed by atoms with Gasteiger partial charge in [-0.25, -0.2) is 9.78 Å². The van der Waals surface area contributed by atoms with Crippen LogP contribution in [0.3, 0.4) is 0 Å². The van der Waals surface area contributed by atoms with E-state index in [-0.39, 0.29) is 33.4 Å². The topological polar surface area (TPSA) is 106 Å². The van der Waals surface area contributed by atoms with Gasteiger partial charge in [0.25, 0.3) is 5.78 Å². The lowest BCUT2D eigenvalue weighted by Crippen LogP contribution is -2.29. The number of aliphatic hydroxyl groups excluding tert-OH is 1. The van der Waals surface area contributed by atoms with Crippen LogP contribution >= 0.6 is 11.3 Å². The summed E-state index contributed by atoms with van der Waals surface area (Å²) in [5.74, 6) is -1.84. The molecular formula is C31H34N2O6S. The predicted octanol–water partition coefficient (Wildman–Crippen LogP) is 6.26. The molecule has 210 valence electrons. The van der Waals surface area contributed by atoms with E-state index in [1.165, 1.54) is 4.90 Å². The molecule has 40 heavy (non-hydrogen) atoms. The second-order valence-corrected chi connectivity index (χ2v) is 11.6. The van der Waals surface area contributed by atoms with Crippen molar-refractivity contribution in [2.45, 2.75) is 59.9 Å². The zero-order valence-corrected chi connectivity index (χ0v) is 24.6. The molecule has 0 radical (unpaired) electrons. The molecule has 8 nitrogen and oxygen atoms in total. The molecule has 2 aromatic carbocycles. The van der Waals surface area contributed by atoms with Gasteiger partial charge in [0.05, 0.1) is 30.5 Å². The highest BCUT2D eigenvalue weighted by molar-refractivity contribution is 7.17. The van der Waals surface area contributed by atoms with Crippen LogP contribution in [-0.2, 0) is 19.7 Å². The highest BCUT2D eigenvalue weighted by Crippen LogP contribution is 2.44. The van der Waals surface area contributed by atoms with E-state index >= 15 is 0 Å². The molecule has 3 aromatic rings. The number of anilines is 1. The van der Waals surface area contributed by atoms with Gasteiger partial charge in [-0.05, 0) is 68.0 Å². The Kier molecular flexibility index (Phi) is 8.16. The second kappa shape index (κ2) is 11.3. The van der Waals surface area contributed by atoms with E-state index in [9.17, 15) is 19.5 Å². The molecule has 9 heteroatoms. The molecule has 0 aliphatic carbocycles. The number of nitrogens with zero attached hydrogens (tertiary/aromatic N) is 2. The summed E-state index contributed by atoms with van der Waals surface area (Å²) in [5.41, 5.74) is 3.10. The van der Waals surface area contributed by atoms with Crippen LogP contribution in [0.15, 0.2) is 48.0 Å². The minimum absolute atomic E-state index is 0.0531. The number of aliphatic hydroxyl groups is 1. The Balaban J connectivity index is 1.91. The van der Waals surface area contributed by atoms with Gasteiger partial charge in [0.1, 0.15) is 16.4 Å². The maximum atomic E-state index is 13.5. The number of carbonyl (C=O) groups excluding carboxylic acids is 3. The maximum absolute atomic E-state index is 13.5. The standard InChI is InChI=1S/C31H34N2O6S/c1-8-38-22-15-12-20(16-17(22)3)25(34)23-24(19-10-13-21(14-11-19)31(5,6)7)33(28(36)26(23)35)30-32-18(4)27(40-30)29(37)39-9-2/h10-16,24,34H,8-9H2,1-7H3/t24-/m0/s1. The molecule has 4 rings (SSSR count). The molecule has 1 aliphatic rings. The quantitative estimate of drug-likeness (QED) is 0.157. The van der Waals surface area contributed by atoms with Crippen molar-refractivity contribution in [2.24, 2.45) is 0 Å². The van der Waals surface area contributed by atoms with Crippen LogP contribution in [0.5, 0.6) is 5.75 Å². The zero-order chi connectivity index (χ0) is 29.4. The number of amides is 1. The first-order valence-corrected chi connectivity index (χ1v) is 14.0. The largest absolute Gasteiger partial charge is 0.507 e. The summed E-state index contributed by atoms with van der Waals surface area (Å²) in [6.07, 6.45) is 0. The van der Waals surface area contributed by atoms with E-state index in [0.717, 1.165) is 22.5 Å². The third-order valence-electron chi connectivity index (χ3n) is 6.74. The second-order valence-electron chi connectivity index (χ2n) is 10.6. The monoisotopic (exact) mass is 562 g/mol. The summed E-state index contributed by atoms with van der Waals surface area (Å²) >= 11 is 0.982. The van der Waals surface area contributed by atoms with E-state index < -0.39 is 23.7 Å². The third kappa shape index (κ3) is 5.38. The molecule has 0 bridgehead atoms. The van der Waals surface area contributed by atoms with Crippen molar-refractivity contribution in [1.29, 1.82) is 0 Å². The average molecular weight is 563 g/mol. The van der Waals surface area contributed by atoms with Gasteiger partial charge in [-0.1, -0.05) is 56.4 Å². The number of carbonyl (C=O) groups is 3. The smallest absolute Gasteiger partial charge is 0.350 e. The molecule has 1 aliphatic heterocycles. The van der Waals surface area contributed by atoms with Crippen molar-refractivity contribution in [3.63, 3.8) is 0 Å². The summed E-state index contributed by atoms with van der Waals surface area (Å²) in [6, 6.07) is 11.8. The van der Waals surface area contributed by atoms with Crippen LogP contribution < -0.4 is 9.64 Å². The predicted molar refractivity (Wildman–Crippen MR) is 155 cm³/mol. The zero-order valence-electron chi connectivity index (χ0n) is 23.8. The highest BCUT2D eigenvalue weighted by Gasteiger charge is 2.48. The minimum atomic E-state index is -0.957. The summed E-state index contributed by atoms with van der Waals surface area (Å²) < 4.78 is 10.8. The lowest BCUT2D eigenvalue weighted by molar-refractivity contribution is -0.132. The van der Waals surface area contributed by atoms with Crippen molar-refractivity contribution >= 4 is 39.9 Å². The van der Waals surface area contributed by atoms with Crippen LogP contribution in [0, 0.1) is 13.8 Å². The van der Waals surface area contributed by atoms with Crippen LogP contribution in [0.2, 0.25) is 0 Å². The first-order valence-electron chi connectivity index (χ1n) is 13.2. The van der Waals surface area contributed by atoms with E-state index in [0.29, 0.717) is 29.2 Å². The van der Waals surface area contributed by atoms with Crippen molar-refractivity contribution in [1.82, 2.24) is 4.98 Å². The number of ketones is 1. The third-order valence-corrected chi connectivity index (χ3v) is 7.87. The molecule has 1 aromatic heterocycles. The number of aryl methyl sites for hydroxylation is 2. The molecule has 1 atom stereocenters. The summed E-state index contributed by atoms with van der Waals surface area (Å²) in [7, 11) is 0. The Labute approximate surface area is 238 Å². The number of benzene rings is 2. The fourth-order valence-electron chi connectivity index (χ4n) is 4.65. The summed E-state index contributed by atoms with van der Waals surface area (Å²) in [5, 5.41) is 11.7. The van der Waals surface area contributed by atoms with Gasteiger partial charge in [0, 0.05) is 5.56 Å². The summed E-state index contributed by atoms with van der Waals surface area (Å²) in [6.45, 7) is 14.1. The van der Waals surface area contributed by atoms with Crippen molar-refractivity contribution in [3.8, 4) is 5.75 Å². The molecule has 1 saturated heterocycles. The van der Waals surface area contributed by atoms with Gasteiger partial charge >= 0.3 is 11.9 Å². The van der Waals surface area contributed by atoms with Crippen LogP contribution in [0.25, 0.3) is 5.76 Å². The molecule has 1 N–H and O–H groups in total. The van der Waals surface area contributed by atoms with Gasteiger partial charge in [-0.3, -0.25) is 14.5 Å². The fraction of sp³-hybridized carbons (Fsp3) is 0.355. The number of thiazole rings is 1. The number of Topliss-reactive ketones (excluding diaryl/α,β-unsaturated/α-hetero) is 1. The van der Waals surface area contributed by atoms with E-state index in [1.807, 2.05) is 38.1 Å². The van der Waals surface area contributed by atoms with Gasteiger partial charge in [-0.2, -0.15) is 0 Å². The van der Waals surface area contributed by atoms with Gasteiger partial charge in [0.15, 0.2) is 5.13 Å².